The average molecular weight is 447 g/mol. The molecule has 1 aromatic carbocycles. The Labute approximate surface area is 180 Å². The number of benzene rings is 1. The van der Waals surface area contributed by atoms with Crippen molar-refractivity contribution in [2.45, 2.75) is 38.8 Å². The molecule has 11 heteroatoms. The fourth-order valence-electron chi connectivity index (χ4n) is 3.73. The molecule has 0 aliphatic carbocycles. The summed E-state index contributed by atoms with van der Waals surface area (Å²) >= 11 is 0. The minimum Gasteiger partial charge on any atom is -0.339 e. The number of carbonyl (C=O) groups excluding carboxylic acids is 1. The maximum absolute atomic E-state index is 13.1. The minimum absolute atomic E-state index is 0.0213. The van der Waals surface area contributed by atoms with Crippen LogP contribution in [0.1, 0.15) is 52.2 Å². The van der Waals surface area contributed by atoms with Gasteiger partial charge in [0.2, 0.25) is 11.3 Å². The molecule has 3 heterocycles. The summed E-state index contributed by atoms with van der Waals surface area (Å²) in [6, 6.07) is 5.77. The van der Waals surface area contributed by atoms with Gasteiger partial charge in [-0.3, -0.25) is 9.59 Å². The van der Waals surface area contributed by atoms with E-state index < -0.39 is 23.1 Å². The summed E-state index contributed by atoms with van der Waals surface area (Å²) in [7, 11) is 0. The molecule has 0 radical (unpaired) electrons. The SMILES string of the molecule is Cc1noc(C2CCN(C(=O)c3nn(-c4cccc(C(F)(F)F)c4)c(C)cc3=O)CC2)n1. The van der Waals surface area contributed by atoms with Crippen LogP contribution < -0.4 is 5.43 Å². The van der Waals surface area contributed by atoms with Gasteiger partial charge in [-0.05, 0) is 44.9 Å². The van der Waals surface area contributed by atoms with E-state index >= 15 is 0 Å². The van der Waals surface area contributed by atoms with Gasteiger partial charge in [0, 0.05) is 30.8 Å². The lowest BCUT2D eigenvalue weighted by molar-refractivity contribution is -0.137. The number of piperidine rings is 1. The molecule has 2 aromatic heterocycles. The zero-order chi connectivity index (χ0) is 23.0. The maximum atomic E-state index is 13.1. The number of amides is 1. The second-order valence-electron chi connectivity index (χ2n) is 7.70. The van der Waals surface area contributed by atoms with E-state index in [1.54, 1.807) is 13.8 Å². The molecule has 0 unspecified atom stereocenters. The van der Waals surface area contributed by atoms with Crippen LogP contribution in [-0.4, -0.2) is 43.8 Å². The van der Waals surface area contributed by atoms with Gasteiger partial charge in [0.1, 0.15) is 0 Å². The highest BCUT2D eigenvalue weighted by molar-refractivity contribution is 5.92. The number of hydrogen-bond acceptors (Lipinski definition) is 6. The van der Waals surface area contributed by atoms with E-state index in [-0.39, 0.29) is 17.3 Å². The monoisotopic (exact) mass is 447 g/mol. The van der Waals surface area contributed by atoms with Gasteiger partial charge in [0.05, 0.1) is 11.3 Å². The predicted molar refractivity (Wildman–Crippen MR) is 106 cm³/mol. The lowest BCUT2D eigenvalue weighted by atomic mass is 9.96. The number of carbonyl (C=O) groups is 1. The fourth-order valence-corrected chi connectivity index (χ4v) is 3.73. The van der Waals surface area contributed by atoms with Gasteiger partial charge >= 0.3 is 6.18 Å². The Hall–Kier alpha value is -3.50. The summed E-state index contributed by atoms with van der Waals surface area (Å²) < 4.78 is 45.7. The molecule has 1 aliphatic rings. The molecule has 32 heavy (non-hydrogen) atoms. The number of rotatable bonds is 3. The van der Waals surface area contributed by atoms with Crippen molar-refractivity contribution < 1.29 is 22.5 Å². The Morgan fingerprint density at radius 3 is 2.50 bits per heavy atom. The van der Waals surface area contributed by atoms with E-state index in [9.17, 15) is 22.8 Å². The van der Waals surface area contributed by atoms with Crippen LogP contribution in [0.2, 0.25) is 0 Å². The van der Waals surface area contributed by atoms with Gasteiger partial charge in [-0.15, -0.1) is 0 Å². The first-order valence-corrected chi connectivity index (χ1v) is 10.0. The predicted octanol–water partition coefficient (Wildman–Crippen LogP) is 3.27. The van der Waals surface area contributed by atoms with Crippen molar-refractivity contribution in [3.8, 4) is 5.69 Å². The van der Waals surface area contributed by atoms with E-state index in [0.29, 0.717) is 43.3 Å². The minimum atomic E-state index is -4.52. The highest BCUT2D eigenvalue weighted by atomic mass is 19.4. The zero-order valence-electron chi connectivity index (χ0n) is 17.4. The molecule has 1 saturated heterocycles. The highest BCUT2D eigenvalue weighted by Crippen LogP contribution is 2.30. The van der Waals surface area contributed by atoms with Gasteiger partial charge in [-0.2, -0.15) is 23.3 Å². The summed E-state index contributed by atoms with van der Waals surface area (Å²) in [5.74, 6) is 0.524. The quantitative estimate of drug-likeness (QED) is 0.612. The summed E-state index contributed by atoms with van der Waals surface area (Å²) in [6.45, 7) is 4.00. The van der Waals surface area contributed by atoms with Gasteiger partial charge < -0.3 is 9.42 Å². The van der Waals surface area contributed by atoms with Crippen molar-refractivity contribution in [3.05, 3.63) is 69.2 Å². The van der Waals surface area contributed by atoms with Crippen LogP contribution in [0, 0.1) is 13.8 Å². The van der Waals surface area contributed by atoms with E-state index in [1.807, 2.05) is 0 Å². The highest BCUT2D eigenvalue weighted by Gasteiger charge is 2.32. The summed E-state index contributed by atoms with van der Waals surface area (Å²) in [5.41, 5.74) is -1.33. The van der Waals surface area contributed by atoms with Crippen molar-refractivity contribution in [1.29, 1.82) is 0 Å². The largest absolute Gasteiger partial charge is 0.416 e. The molecule has 0 bridgehead atoms. The second kappa shape index (κ2) is 8.21. The summed E-state index contributed by atoms with van der Waals surface area (Å²) in [5, 5.41) is 7.91. The Balaban J connectivity index is 1.58. The zero-order valence-corrected chi connectivity index (χ0v) is 17.4. The summed E-state index contributed by atoms with van der Waals surface area (Å²) in [4.78, 5) is 31.2. The van der Waals surface area contributed by atoms with Crippen molar-refractivity contribution in [2.24, 2.45) is 0 Å². The van der Waals surface area contributed by atoms with Crippen molar-refractivity contribution in [2.75, 3.05) is 13.1 Å². The molecule has 8 nitrogen and oxygen atoms in total. The molecule has 3 aromatic rings. The standard InChI is InChI=1S/C21H20F3N5O3/c1-12-10-17(30)18(26-29(12)16-5-3-4-15(11-16)21(22,23)24)20(31)28-8-6-14(7-9-28)19-25-13(2)27-32-19/h3-5,10-11,14H,6-9H2,1-2H3. The third-order valence-corrected chi connectivity index (χ3v) is 5.40. The molecule has 1 amide bonds. The van der Waals surface area contributed by atoms with Gasteiger partial charge in [0.25, 0.3) is 5.91 Å². The van der Waals surface area contributed by atoms with Crippen molar-refractivity contribution in [1.82, 2.24) is 24.8 Å². The first kappa shape index (κ1) is 21.7. The molecule has 0 spiro atoms. The molecule has 0 N–H and O–H groups in total. The third-order valence-electron chi connectivity index (χ3n) is 5.40. The van der Waals surface area contributed by atoms with Crippen LogP contribution in [0.5, 0.6) is 0 Å². The number of halogens is 3. The number of alkyl halides is 3. The Morgan fingerprint density at radius 1 is 1.16 bits per heavy atom. The topological polar surface area (TPSA) is 94.1 Å². The van der Waals surface area contributed by atoms with Crippen LogP contribution >= 0.6 is 0 Å². The first-order valence-electron chi connectivity index (χ1n) is 10.0. The van der Waals surface area contributed by atoms with Gasteiger partial charge in [-0.25, -0.2) is 4.68 Å². The van der Waals surface area contributed by atoms with E-state index in [2.05, 4.69) is 15.2 Å². The molecule has 0 atom stereocenters. The number of nitrogens with zero attached hydrogens (tertiary/aromatic N) is 5. The third kappa shape index (κ3) is 4.27. The van der Waals surface area contributed by atoms with Gasteiger partial charge in [-0.1, -0.05) is 11.2 Å². The fraction of sp³-hybridized carbons (Fsp3) is 0.381. The second-order valence-corrected chi connectivity index (χ2v) is 7.70. The lowest BCUT2D eigenvalue weighted by Crippen LogP contribution is -2.41. The summed E-state index contributed by atoms with van der Waals surface area (Å²) in [6.07, 6.45) is -3.36. The molecule has 0 saturated carbocycles. The van der Waals surface area contributed by atoms with Crippen molar-refractivity contribution in [3.63, 3.8) is 0 Å². The van der Waals surface area contributed by atoms with E-state index in [0.717, 1.165) is 12.1 Å². The Bertz CT molecular complexity index is 1210. The molecule has 4 rings (SSSR count). The number of aromatic nitrogens is 4. The van der Waals surface area contributed by atoms with E-state index in [1.165, 1.54) is 27.8 Å². The van der Waals surface area contributed by atoms with Gasteiger partial charge in [0.15, 0.2) is 11.5 Å². The molecule has 1 aliphatic heterocycles. The Morgan fingerprint density at radius 2 is 1.88 bits per heavy atom. The maximum Gasteiger partial charge on any atom is 0.416 e. The van der Waals surface area contributed by atoms with Crippen LogP contribution in [-0.2, 0) is 6.18 Å². The molecular formula is C21H20F3N5O3. The molecule has 168 valence electrons. The van der Waals surface area contributed by atoms with Crippen LogP contribution in [0.4, 0.5) is 13.2 Å². The van der Waals surface area contributed by atoms with Crippen LogP contribution in [0.25, 0.3) is 5.69 Å². The molecule has 1 fully saturated rings. The smallest absolute Gasteiger partial charge is 0.339 e. The van der Waals surface area contributed by atoms with Crippen molar-refractivity contribution >= 4 is 5.91 Å². The lowest BCUT2D eigenvalue weighted by Gasteiger charge is -2.30. The number of likely N-dealkylation sites (tertiary alicyclic amines) is 1. The number of aryl methyl sites for hydroxylation is 2. The van der Waals surface area contributed by atoms with E-state index in [4.69, 9.17) is 4.52 Å². The Kier molecular flexibility index (Phi) is 5.57. The van der Waals surface area contributed by atoms with Crippen LogP contribution in [0.3, 0.4) is 0 Å². The normalized spacial score (nSPS) is 15.2. The molecular weight excluding hydrogens is 427 g/mol. The van der Waals surface area contributed by atoms with Crippen LogP contribution in [0.15, 0.2) is 39.6 Å². The average Bonchev–Trinajstić information content (AvgIpc) is 3.19. The number of hydrogen-bond donors (Lipinski definition) is 0. The first-order chi connectivity index (χ1) is 15.1.